The third-order valence-electron chi connectivity index (χ3n) is 3.85. The van der Waals surface area contributed by atoms with Crippen LogP contribution < -0.4 is 5.32 Å². The van der Waals surface area contributed by atoms with Crippen LogP contribution >= 0.6 is 0 Å². The molecule has 25 heavy (non-hydrogen) atoms. The van der Waals surface area contributed by atoms with Gasteiger partial charge in [0.1, 0.15) is 11.3 Å². The van der Waals surface area contributed by atoms with E-state index in [0.717, 1.165) is 5.52 Å². The number of oxazole rings is 1. The molecule has 122 valence electrons. The third kappa shape index (κ3) is 2.83. The van der Waals surface area contributed by atoms with Crippen LogP contribution in [0.1, 0.15) is 10.4 Å². The molecular formula is C20H14N2O3. The molecular weight excluding hydrogens is 316 g/mol. The number of hydrogen-bond acceptors (Lipinski definition) is 4. The second kappa shape index (κ2) is 6.13. The largest absolute Gasteiger partial charge is 0.506 e. The Balaban J connectivity index is 1.74. The minimum atomic E-state index is -0.348. The monoisotopic (exact) mass is 330 g/mol. The summed E-state index contributed by atoms with van der Waals surface area (Å²) in [6.07, 6.45) is 0. The summed E-state index contributed by atoms with van der Waals surface area (Å²) in [6.45, 7) is 0. The molecule has 0 aliphatic rings. The summed E-state index contributed by atoms with van der Waals surface area (Å²) in [5, 5.41) is 12.6. The number of rotatable bonds is 3. The number of aromatic hydroxyl groups is 1. The molecule has 0 fully saturated rings. The van der Waals surface area contributed by atoms with Crippen LogP contribution in [0.2, 0.25) is 0 Å². The van der Waals surface area contributed by atoms with Crippen LogP contribution in [0.3, 0.4) is 0 Å². The van der Waals surface area contributed by atoms with Crippen molar-refractivity contribution in [2.24, 2.45) is 0 Å². The van der Waals surface area contributed by atoms with Crippen LogP contribution in [0.25, 0.3) is 22.6 Å². The Hall–Kier alpha value is -3.60. The Morgan fingerprint density at radius 1 is 0.920 bits per heavy atom. The van der Waals surface area contributed by atoms with E-state index in [1.807, 2.05) is 30.3 Å². The Kier molecular flexibility index (Phi) is 3.67. The summed E-state index contributed by atoms with van der Waals surface area (Å²) in [5.74, 6) is 0.0405. The molecule has 1 aromatic heterocycles. The van der Waals surface area contributed by atoms with Gasteiger partial charge in [0.15, 0.2) is 5.58 Å². The summed E-state index contributed by atoms with van der Waals surface area (Å²) in [4.78, 5) is 17.1. The average molecular weight is 330 g/mol. The van der Waals surface area contributed by atoms with E-state index in [-0.39, 0.29) is 11.7 Å². The summed E-state index contributed by atoms with van der Waals surface area (Å²) in [6, 6.07) is 21.1. The molecule has 4 aromatic rings. The predicted molar refractivity (Wildman–Crippen MR) is 95.5 cm³/mol. The lowest BCUT2D eigenvalue weighted by molar-refractivity contribution is 0.102. The molecule has 1 heterocycles. The van der Waals surface area contributed by atoms with Crippen molar-refractivity contribution in [1.82, 2.24) is 4.98 Å². The molecule has 5 heteroatoms. The minimum absolute atomic E-state index is 0.00944. The number of fused-ring (bicyclic) bond motifs is 1. The van der Waals surface area contributed by atoms with Gasteiger partial charge in [-0.05, 0) is 36.4 Å². The zero-order valence-corrected chi connectivity index (χ0v) is 13.1. The normalized spacial score (nSPS) is 10.7. The first-order valence-electron chi connectivity index (χ1n) is 7.77. The van der Waals surface area contributed by atoms with Crippen molar-refractivity contribution in [2.45, 2.75) is 0 Å². The van der Waals surface area contributed by atoms with Crippen LogP contribution in [-0.2, 0) is 0 Å². The maximum Gasteiger partial charge on any atom is 0.256 e. The second-order valence-corrected chi connectivity index (χ2v) is 5.50. The highest BCUT2D eigenvalue weighted by molar-refractivity contribution is 6.08. The van der Waals surface area contributed by atoms with E-state index in [9.17, 15) is 9.90 Å². The van der Waals surface area contributed by atoms with Crippen LogP contribution in [0.15, 0.2) is 77.2 Å². The quantitative estimate of drug-likeness (QED) is 0.544. The van der Waals surface area contributed by atoms with Gasteiger partial charge >= 0.3 is 0 Å². The highest BCUT2D eigenvalue weighted by Gasteiger charge is 2.17. The van der Waals surface area contributed by atoms with Gasteiger partial charge in [0.05, 0.1) is 11.3 Å². The van der Waals surface area contributed by atoms with Gasteiger partial charge in [-0.15, -0.1) is 0 Å². The Bertz CT molecular complexity index is 1040. The Labute approximate surface area is 143 Å². The molecule has 0 unspecified atom stereocenters. The fourth-order valence-corrected chi connectivity index (χ4v) is 2.62. The van der Waals surface area contributed by atoms with E-state index < -0.39 is 0 Å². The van der Waals surface area contributed by atoms with Crippen molar-refractivity contribution in [2.75, 3.05) is 5.32 Å². The van der Waals surface area contributed by atoms with E-state index in [1.165, 1.54) is 6.07 Å². The summed E-state index contributed by atoms with van der Waals surface area (Å²) >= 11 is 0. The molecule has 0 saturated heterocycles. The molecule has 0 spiro atoms. The zero-order chi connectivity index (χ0) is 17.2. The molecule has 5 nitrogen and oxygen atoms in total. The summed E-state index contributed by atoms with van der Waals surface area (Å²) < 4.78 is 5.78. The molecule has 4 rings (SSSR count). The molecule has 1 amide bonds. The Morgan fingerprint density at radius 2 is 1.64 bits per heavy atom. The van der Waals surface area contributed by atoms with Gasteiger partial charge in [0.25, 0.3) is 5.91 Å². The van der Waals surface area contributed by atoms with Gasteiger partial charge in [-0.2, -0.15) is 0 Å². The van der Waals surface area contributed by atoms with E-state index in [2.05, 4.69) is 10.3 Å². The topological polar surface area (TPSA) is 75.4 Å². The van der Waals surface area contributed by atoms with E-state index in [1.54, 1.807) is 36.4 Å². The number of aromatic nitrogens is 1. The molecule has 0 bridgehead atoms. The Morgan fingerprint density at radius 3 is 2.48 bits per heavy atom. The van der Waals surface area contributed by atoms with Crippen molar-refractivity contribution in [3.05, 3.63) is 78.4 Å². The first-order valence-corrected chi connectivity index (χ1v) is 7.77. The van der Waals surface area contributed by atoms with E-state index in [4.69, 9.17) is 4.42 Å². The highest BCUT2D eigenvalue weighted by atomic mass is 16.3. The predicted octanol–water partition coefficient (Wildman–Crippen LogP) is 4.45. The maximum atomic E-state index is 12.7. The summed E-state index contributed by atoms with van der Waals surface area (Å²) in [5.41, 5.74) is 2.74. The fourth-order valence-electron chi connectivity index (χ4n) is 2.62. The molecule has 0 aliphatic heterocycles. The molecule has 3 aromatic carbocycles. The smallest absolute Gasteiger partial charge is 0.256 e. The minimum Gasteiger partial charge on any atom is -0.506 e. The first kappa shape index (κ1) is 15.0. The second-order valence-electron chi connectivity index (χ2n) is 5.50. The van der Waals surface area contributed by atoms with Crippen LogP contribution in [0.5, 0.6) is 5.75 Å². The van der Waals surface area contributed by atoms with Crippen LogP contribution in [-0.4, -0.2) is 16.0 Å². The van der Waals surface area contributed by atoms with Crippen molar-refractivity contribution in [1.29, 1.82) is 0 Å². The number of carbonyl (C=O) groups is 1. The van der Waals surface area contributed by atoms with Crippen molar-refractivity contribution in [3.8, 4) is 17.2 Å². The lowest BCUT2D eigenvalue weighted by atomic mass is 10.1. The number of hydrogen-bond donors (Lipinski definition) is 2. The maximum absolute atomic E-state index is 12.7. The number of anilines is 1. The first-order chi connectivity index (χ1) is 12.2. The van der Waals surface area contributed by atoms with Crippen molar-refractivity contribution >= 4 is 22.7 Å². The number of para-hydroxylation sites is 4. The van der Waals surface area contributed by atoms with Gasteiger partial charge in [0, 0.05) is 5.56 Å². The van der Waals surface area contributed by atoms with E-state index in [0.29, 0.717) is 28.3 Å². The third-order valence-corrected chi connectivity index (χ3v) is 3.85. The SMILES string of the molecule is O=C(Nc1ccccc1O)c1ccccc1-c1nc2ccccc2o1. The number of carbonyl (C=O) groups excluding carboxylic acids is 1. The average Bonchev–Trinajstić information content (AvgIpc) is 3.07. The van der Waals surface area contributed by atoms with Gasteiger partial charge in [-0.25, -0.2) is 4.98 Å². The highest BCUT2D eigenvalue weighted by Crippen LogP contribution is 2.28. The number of benzene rings is 3. The number of nitrogens with one attached hydrogen (secondary N) is 1. The number of phenols is 1. The van der Waals surface area contributed by atoms with E-state index >= 15 is 0 Å². The van der Waals surface area contributed by atoms with Gasteiger partial charge < -0.3 is 14.8 Å². The molecule has 0 saturated carbocycles. The lowest BCUT2D eigenvalue weighted by Crippen LogP contribution is -2.13. The molecule has 2 N–H and O–H groups in total. The van der Waals surface area contributed by atoms with Crippen LogP contribution in [0, 0.1) is 0 Å². The lowest BCUT2D eigenvalue weighted by Gasteiger charge is -2.09. The molecule has 0 atom stereocenters. The number of amides is 1. The molecule has 0 radical (unpaired) electrons. The zero-order valence-electron chi connectivity index (χ0n) is 13.1. The van der Waals surface area contributed by atoms with Crippen LogP contribution in [0.4, 0.5) is 5.69 Å². The number of nitrogens with zero attached hydrogens (tertiary/aromatic N) is 1. The van der Waals surface area contributed by atoms with Gasteiger partial charge in [-0.3, -0.25) is 4.79 Å². The number of phenolic OH excluding ortho intramolecular Hbond substituents is 1. The fraction of sp³-hybridized carbons (Fsp3) is 0. The standard InChI is InChI=1S/C20H14N2O3/c23-17-11-5-3-9-15(17)21-19(24)13-7-1-2-8-14(13)20-22-16-10-4-6-12-18(16)25-20/h1-12,23H,(H,21,24). The molecule has 0 aliphatic carbocycles. The van der Waals surface area contributed by atoms with Crippen molar-refractivity contribution < 1.29 is 14.3 Å². The van der Waals surface area contributed by atoms with Gasteiger partial charge in [0.2, 0.25) is 5.89 Å². The van der Waals surface area contributed by atoms with Crippen molar-refractivity contribution in [3.63, 3.8) is 0 Å². The summed E-state index contributed by atoms with van der Waals surface area (Å²) in [7, 11) is 0. The van der Waals surface area contributed by atoms with Gasteiger partial charge in [-0.1, -0.05) is 36.4 Å².